The van der Waals surface area contributed by atoms with Crippen molar-refractivity contribution >= 4 is 33.3 Å². The second-order valence-electron chi connectivity index (χ2n) is 5.39. The molecule has 0 unspecified atom stereocenters. The van der Waals surface area contributed by atoms with E-state index in [1.54, 1.807) is 23.1 Å². The number of thioether (sulfide) groups is 1. The molecule has 1 aromatic heterocycles. The second-order valence-corrected chi connectivity index (χ2v) is 7.21. The zero-order valence-corrected chi connectivity index (χ0v) is 13.9. The Balaban J connectivity index is 2.06. The van der Waals surface area contributed by atoms with E-state index in [4.69, 9.17) is 4.98 Å². The molecule has 0 bridgehead atoms. The van der Waals surface area contributed by atoms with Crippen LogP contribution in [0.3, 0.4) is 0 Å². The Labute approximate surface area is 137 Å². The van der Waals surface area contributed by atoms with Crippen molar-refractivity contribution in [3.8, 4) is 16.6 Å². The Bertz CT molecular complexity index is 904. The minimum Gasteiger partial charge on any atom is -0.235 e. The van der Waals surface area contributed by atoms with Crippen molar-refractivity contribution in [2.45, 2.75) is 24.2 Å². The van der Waals surface area contributed by atoms with E-state index in [1.807, 2.05) is 18.2 Å². The molecule has 1 aliphatic carbocycles. The molecule has 0 fully saturated rings. The summed E-state index contributed by atoms with van der Waals surface area (Å²) in [7, 11) is 0. The van der Waals surface area contributed by atoms with Crippen molar-refractivity contribution in [2.24, 2.45) is 0 Å². The third-order valence-electron chi connectivity index (χ3n) is 4.19. The van der Waals surface area contributed by atoms with E-state index in [1.165, 1.54) is 22.2 Å². The van der Waals surface area contributed by atoms with Gasteiger partial charge in [0.2, 0.25) is 0 Å². The van der Waals surface area contributed by atoms with Crippen LogP contribution in [-0.4, -0.2) is 11.2 Å². The van der Waals surface area contributed by atoms with Gasteiger partial charge in [0.1, 0.15) is 16.6 Å². The first kappa shape index (κ1) is 13.8. The molecule has 3 aromatic rings. The molecule has 0 atom stereocenters. The van der Waals surface area contributed by atoms with Gasteiger partial charge in [-0.2, -0.15) is 5.26 Å². The number of hydrogen-bond acceptors (Lipinski definition) is 4. The van der Waals surface area contributed by atoms with Gasteiger partial charge in [-0.05, 0) is 36.6 Å². The number of nitrogens with zero attached hydrogens (tertiary/aromatic N) is 2. The van der Waals surface area contributed by atoms with Crippen molar-refractivity contribution < 1.29 is 0 Å². The summed E-state index contributed by atoms with van der Waals surface area (Å²) in [5.41, 5.74) is 5.61. The smallest absolute Gasteiger partial charge is 0.124 e. The van der Waals surface area contributed by atoms with Crippen LogP contribution >= 0.6 is 23.1 Å². The summed E-state index contributed by atoms with van der Waals surface area (Å²) in [6.45, 7) is 0. The van der Waals surface area contributed by atoms with Gasteiger partial charge < -0.3 is 0 Å². The van der Waals surface area contributed by atoms with Crippen LogP contribution in [-0.2, 0) is 12.8 Å². The standard InChI is InChI=1S/C18H14N2S2/c1-21-16-12-8-5-9-13(12)17-15(14(16)10-19)20-18(22-17)11-6-3-2-4-7-11/h2-4,6-7H,5,8-9H2,1H3. The summed E-state index contributed by atoms with van der Waals surface area (Å²) < 4.78 is 1.22. The fourth-order valence-electron chi connectivity index (χ4n) is 3.23. The van der Waals surface area contributed by atoms with Crippen LogP contribution in [0.15, 0.2) is 35.2 Å². The minimum atomic E-state index is 0.765. The quantitative estimate of drug-likeness (QED) is 0.620. The minimum absolute atomic E-state index is 0.765. The van der Waals surface area contributed by atoms with Crippen LogP contribution in [0.25, 0.3) is 20.8 Å². The van der Waals surface area contributed by atoms with Crippen LogP contribution in [0.2, 0.25) is 0 Å². The van der Waals surface area contributed by atoms with E-state index < -0.39 is 0 Å². The number of benzene rings is 2. The number of nitriles is 1. The van der Waals surface area contributed by atoms with Crippen LogP contribution < -0.4 is 0 Å². The molecule has 0 saturated carbocycles. The van der Waals surface area contributed by atoms with Crippen molar-refractivity contribution in [3.05, 3.63) is 47.0 Å². The summed E-state index contributed by atoms with van der Waals surface area (Å²) in [5, 5.41) is 10.7. The number of fused-ring (bicyclic) bond motifs is 3. The maximum absolute atomic E-state index is 9.66. The number of aromatic nitrogens is 1. The first-order valence-corrected chi connectivity index (χ1v) is 9.35. The van der Waals surface area contributed by atoms with E-state index >= 15 is 0 Å². The predicted octanol–water partition coefficient (Wildman–Crippen LogP) is 5.05. The number of hydrogen-bond donors (Lipinski definition) is 0. The molecular formula is C18H14N2S2. The molecule has 22 heavy (non-hydrogen) atoms. The Morgan fingerprint density at radius 2 is 1.95 bits per heavy atom. The molecule has 4 heteroatoms. The van der Waals surface area contributed by atoms with Gasteiger partial charge in [-0.25, -0.2) is 4.98 Å². The highest BCUT2D eigenvalue weighted by atomic mass is 32.2. The first-order chi connectivity index (χ1) is 10.8. The van der Waals surface area contributed by atoms with Crippen molar-refractivity contribution in [2.75, 3.05) is 6.26 Å². The number of rotatable bonds is 2. The third-order valence-corrected chi connectivity index (χ3v) is 6.22. The van der Waals surface area contributed by atoms with Crippen molar-refractivity contribution in [1.82, 2.24) is 4.98 Å². The Morgan fingerprint density at radius 3 is 2.68 bits per heavy atom. The molecule has 2 nitrogen and oxygen atoms in total. The van der Waals surface area contributed by atoms with E-state index in [2.05, 4.69) is 24.5 Å². The van der Waals surface area contributed by atoms with Crippen LogP contribution in [0.5, 0.6) is 0 Å². The molecule has 2 aromatic carbocycles. The summed E-state index contributed by atoms with van der Waals surface area (Å²) in [5.74, 6) is 0. The summed E-state index contributed by atoms with van der Waals surface area (Å²) in [4.78, 5) is 5.97. The molecule has 1 aliphatic rings. The average Bonchev–Trinajstić information content (AvgIpc) is 3.20. The molecule has 4 rings (SSSR count). The third kappa shape index (κ3) is 1.97. The molecule has 0 saturated heterocycles. The highest BCUT2D eigenvalue weighted by Crippen LogP contribution is 2.43. The van der Waals surface area contributed by atoms with Crippen molar-refractivity contribution in [1.29, 1.82) is 5.26 Å². The highest BCUT2D eigenvalue weighted by Gasteiger charge is 2.25. The van der Waals surface area contributed by atoms with Gasteiger partial charge in [0, 0.05) is 10.5 Å². The molecule has 0 amide bonds. The SMILES string of the molecule is CSc1c2c(c3sc(-c4ccccc4)nc3c1C#N)CCC2. The van der Waals surface area contributed by atoms with Crippen LogP contribution in [0, 0.1) is 11.3 Å². The van der Waals surface area contributed by atoms with Gasteiger partial charge in [0.05, 0.1) is 10.3 Å². The molecule has 0 radical (unpaired) electrons. The monoisotopic (exact) mass is 322 g/mol. The van der Waals surface area contributed by atoms with Gasteiger partial charge in [0.15, 0.2) is 0 Å². The topological polar surface area (TPSA) is 36.7 Å². The molecule has 1 heterocycles. The lowest BCUT2D eigenvalue weighted by molar-refractivity contribution is 0.907. The second kappa shape index (κ2) is 5.42. The van der Waals surface area contributed by atoms with Crippen LogP contribution in [0.4, 0.5) is 0 Å². The zero-order valence-electron chi connectivity index (χ0n) is 12.2. The lowest BCUT2D eigenvalue weighted by Gasteiger charge is -2.09. The van der Waals surface area contributed by atoms with Gasteiger partial charge in [0.25, 0.3) is 0 Å². The summed E-state index contributed by atoms with van der Waals surface area (Å²) >= 11 is 3.42. The van der Waals surface area contributed by atoms with E-state index in [-0.39, 0.29) is 0 Å². The molecule has 0 N–H and O–H groups in total. The van der Waals surface area contributed by atoms with Gasteiger partial charge in [-0.15, -0.1) is 23.1 Å². The van der Waals surface area contributed by atoms with Crippen molar-refractivity contribution in [3.63, 3.8) is 0 Å². The average molecular weight is 322 g/mol. The van der Waals surface area contributed by atoms with E-state index in [9.17, 15) is 5.26 Å². The van der Waals surface area contributed by atoms with E-state index in [0.29, 0.717) is 0 Å². The molecule has 0 spiro atoms. The predicted molar refractivity (Wildman–Crippen MR) is 93.6 cm³/mol. The maximum Gasteiger partial charge on any atom is 0.124 e. The van der Waals surface area contributed by atoms with Gasteiger partial charge in [-0.3, -0.25) is 0 Å². The normalized spacial score (nSPS) is 13.3. The van der Waals surface area contributed by atoms with Gasteiger partial charge in [-0.1, -0.05) is 30.3 Å². The molecule has 0 aliphatic heterocycles. The molecule has 108 valence electrons. The lowest BCUT2D eigenvalue weighted by atomic mass is 10.1. The van der Waals surface area contributed by atoms with Crippen LogP contribution in [0.1, 0.15) is 23.1 Å². The Morgan fingerprint density at radius 1 is 1.18 bits per heavy atom. The maximum atomic E-state index is 9.66. The number of thiazole rings is 1. The largest absolute Gasteiger partial charge is 0.235 e. The number of aryl methyl sites for hydroxylation is 1. The van der Waals surface area contributed by atoms with E-state index in [0.717, 1.165) is 39.4 Å². The summed E-state index contributed by atoms with van der Waals surface area (Å²) in [6.07, 6.45) is 5.45. The molecular weight excluding hydrogens is 308 g/mol. The fourth-order valence-corrected chi connectivity index (χ4v) is 5.23. The first-order valence-electron chi connectivity index (χ1n) is 7.31. The lowest BCUT2D eigenvalue weighted by Crippen LogP contribution is -1.93. The Kier molecular flexibility index (Phi) is 3.40. The zero-order chi connectivity index (χ0) is 15.1. The highest BCUT2D eigenvalue weighted by molar-refractivity contribution is 7.98. The van der Waals surface area contributed by atoms with Gasteiger partial charge >= 0.3 is 0 Å². The summed E-state index contributed by atoms with van der Waals surface area (Å²) in [6, 6.07) is 12.7. The Hall–Kier alpha value is -1.83. The fraction of sp³-hybridized carbons (Fsp3) is 0.222.